The highest BCUT2D eigenvalue weighted by molar-refractivity contribution is 5.71. The van der Waals surface area contributed by atoms with Crippen LogP contribution in [0.5, 0.6) is 0 Å². The van der Waals surface area contributed by atoms with Crippen LogP contribution in [0.4, 0.5) is 0 Å². The van der Waals surface area contributed by atoms with Crippen LogP contribution in [0.2, 0.25) is 0 Å². The summed E-state index contributed by atoms with van der Waals surface area (Å²) in [4.78, 5) is 38.4. The van der Waals surface area contributed by atoms with Gasteiger partial charge >= 0.3 is 17.9 Å². The molecule has 0 saturated carbocycles. The first kappa shape index (κ1) is 70.8. The van der Waals surface area contributed by atoms with Crippen molar-refractivity contribution >= 4 is 17.9 Å². The zero-order valence-corrected chi connectivity index (χ0v) is 49.1. The Kier molecular flexibility index (Phi) is 59.7. The molecule has 0 aliphatic heterocycles. The zero-order chi connectivity index (χ0) is 53.6. The fourth-order valence-corrected chi connectivity index (χ4v) is 9.24. The van der Waals surface area contributed by atoms with Crippen LogP contribution in [0.15, 0.2) is 72.9 Å². The lowest BCUT2D eigenvalue weighted by molar-refractivity contribution is -0.167. The van der Waals surface area contributed by atoms with Gasteiger partial charge in [-0.2, -0.15) is 0 Å². The van der Waals surface area contributed by atoms with Gasteiger partial charge in [0.1, 0.15) is 13.2 Å². The molecule has 6 heteroatoms. The predicted molar refractivity (Wildman–Crippen MR) is 321 cm³/mol. The van der Waals surface area contributed by atoms with E-state index in [4.69, 9.17) is 14.2 Å². The molecule has 0 N–H and O–H groups in total. The number of unbranched alkanes of at least 4 members (excludes halogenated alkanes) is 35. The van der Waals surface area contributed by atoms with Crippen molar-refractivity contribution in [1.29, 1.82) is 0 Å². The van der Waals surface area contributed by atoms with Crippen molar-refractivity contribution < 1.29 is 28.6 Å². The monoisotopic (exact) mass is 1030 g/mol. The van der Waals surface area contributed by atoms with Crippen molar-refractivity contribution in [1.82, 2.24) is 0 Å². The molecule has 1 atom stereocenters. The first-order valence-electron chi connectivity index (χ1n) is 31.9. The van der Waals surface area contributed by atoms with E-state index in [-0.39, 0.29) is 31.1 Å². The molecule has 0 amide bonds. The minimum atomic E-state index is -0.780. The molecule has 0 fully saturated rings. The van der Waals surface area contributed by atoms with E-state index in [9.17, 15) is 14.4 Å². The summed E-state index contributed by atoms with van der Waals surface area (Å²) in [6.07, 6.45) is 80.4. The van der Waals surface area contributed by atoms with Gasteiger partial charge in [0, 0.05) is 19.3 Å². The lowest BCUT2D eigenvalue weighted by Crippen LogP contribution is -2.30. The summed E-state index contributed by atoms with van der Waals surface area (Å²) in [5.74, 6) is -0.869. The third kappa shape index (κ3) is 59.7. The molecule has 0 rings (SSSR count). The predicted octanol–water partition coefficient (Wildman–Crippen LogP) is 21.7. The van der Waals surface area contributed by atoms with Crippen molar-refractivity contribution in [3.05, 3.63) is 72.9 Å². The van der Waals surface area contributed by atoms with Gasteiger partial charge in [-0.25, -0.2) is 0 Å². The average molecular weight is 1030 g/mol. The Morgan fingerprint density at radius 2 is 0.527 bits per heavy atom. The molecule has 0 heterocycles. The second-order valence-corrected chi connectivity index (χ2v) is 21.3. The maximum atomic E-state index is 12.9. The Morgan fingerprint density at radius 3 is 0.824 bits per heavy atom. The van der Waals surface area contributed by atoms with E-state index in [1.54, 1.807) is 0 Å². The molecular weight excluding hydrogens is 913 g/mol. The number of allylic oxidation sites excluding steroid dienone is 12. The lowest BCUT2D eigenvalue weighted by atomic mass is 10.0. The van der Waals surface area contributed by atoms with E-state index in [0.29, 0.717) is 19.3 Å². The summed E-state index contributed by atoms with van der Waals surface area (Å²) >= 11 is 0. The van der Waals surface area contributed by atoms with Crippen LogP contribution in [0.1, 0.15) is 323 Å². The quantitative estimate of drug-likeness (QED) is 0.0261. The summed E-state index contributed by atoms with van der Waals surface area (Å²) in [6.45, 7) is 6.46. The molecule has 0 aromatic carbocycles. The second kappa shape index (κ2) is 62.4. The SMILES string of the molecule is CC/C=C\C/C=C\C/C=C\CCCCCCCCCCCC(=O)OCC(COC(=O)CCCCCCCCCCCCCCCCCCCC)OC(=O)CCCCCCCCCCC/C=C\C/C=C\C/C=C\CC. The summed E-state index contributed by atoms with van der Waals surface area (Å²) in [5.41, 5.74) is 0. The Bertz CT molecular complexity index is 1370. The van der Waals surface area contributed by atoms with Crippen molar-refractivity contribution in [2.75, 3.05) is 13.2 Å². The topological polar surface area (TPSA) is 78.9 Å². The van der Waals surface area contributed by atoms with E-state index in [1.165, 1.54) is 186 Å². The van der Waals surface area contributed by atoms with Gasteiger partial charge in [0.25, 0.3) is 0 Å². The van der Waals surface area contributed by atoms with E-state index in [1.807, 2.05) is 0 Å². The third-order valence-corrected chi connectivity index (χ3v) is 14.0. The maximum Gasteiger partial charge on any atom is 0.306 e. The van der Waals surface area contributed by atoms with E-state index in [0.717, 1.165) is 96.3 Å². The van der Waals surface area contributed by atoms with Crippen LogP contribution in [0.3, 0.4) is 0 Å². The molecule has 0 aliphatic carbocycles. The molecule has 0 aromatic heterocycles. The largest absolute Gasteiger partial charge is 0.462 e. The molecule has 0 spiro atoms. The molecule has 6 nitrogen and oxygen atoms in total. The molecule has 0 saturated heterocycles. The van der Waals surface area contributed by atoms with Gasteiger partial charge in [-0.3, -0.25) is 14.4 Å². The molecule has 0 aromatic rings. The molecular formula is C68H120O6. The van der Waals surface area contributed by atoms with Gasteiger partial charge in [-0.15, -0.1) is 0 Å². The van der Waals surface area contributed by atoms with Crippen LogP contribution in [-0.4, -0.2) is 37.2 Å². The van der Waals surface area contributed by atoms with Crippen molar-refractivity contribution in [2.45, 2.75) is 329 Å². The number of rotatable bonds is 58. The first-order chi connectivity index (χ1) is 36.5. The highest BCUT2D eigenvalue weighted by Gasteiger charge is 2.19. The normalized spacial score (nSPS) is 12.5. The summed E-state index contributed by atoms with van der Waals surface area (Å²) in [6, 6.07) is 0. The molecule has 0 aliphatic rings. The number of hydrogen-bond acceptors (Lipinski definition) is 6. The van der Waals surface area contributed by atoms with Crippen molar-refractivity contribution in [3.63, 3.8) is 0 Å². The minimum absolute atomic E-state index is 0.0759. The van der Waals surface area contributed by atoms with Crippen LogP contribution >= 0.6 is 0 Å². The Labute approximate surface area is 459 Å². The lowest BCUT2D eigenvalue weighted by Gasteiger charge is -2.18. The summed E-state index contributed by atoms with van der Waals surface area (Å²) < 4.78 is 17.0. The summed E-state index contributed by atoms with van der Waals surface area (Å²) in [5, 5.41) is 0. The van der Waals surface area contributed by atoms with Gasteiger partial charge in [0.05, 0.1) is 0 Å². The number of carbonyl (C=O) groups is 3. The zero-order valence-electron chi connectivity index (χ0n) is 49.1. The standard InChI is InChI=1S/C68H120O6/c1-4-7-10-13-16-19-22-25-28-31-34-37-40-43-46-49-52-55-58-61-67(70)73-64-65(63-72-66(69)60-57-54-51-48-45-42-39-36-33-30-27-24-21-18-15-12-9-6-3)74-68(71)62-59-56-53-50-47-44-41-38-35-32-29-26-23-20-17-14-11-8-5-2/h7-8,10-11,16-17,19-20,25-26,28-29,65H,4-6,9,12-15,18,21-24,27,30-64H2,1-3H3/b10-7-,11-8-,19-16-,20-17-,28-25-,29-26-. The van der Waals surface area contributed by atoms with E-state index < -0.39 is 6.10 Å². The fraction of sp³-hybridized carbons (Fsp3) is 0.779. The van der Waals surface area contributed by atoms with Gasteiger partial charge in [-0.1, -0.05) is 293 Å². The van der Waals surface area contributed by atoms with Gasteiger partial charge in [0.15, 0.2) is 6.10 Å². The molecule has 0 bridgehead atoms. The number of hydrogen-bond donors (Lipinski definition) is 0. The Morgan fingerprint density at radius 1 is 0.284 bits per heavy atom. The van der Waals surface area contributed by atoms with E-state index >= 15 is 0 Å². The molecule has 1 unspecified atom stereocenters. The minimum Gasteiger partial charge on any atom is -0.462 e. The summed E-state index contributed by atoms with van der Waals surface area (Å²) in [7, 11) is 0. The average Bonchev–Trinajstić information content (AvgIpc) is 3.40. The maximum absolute atomic E-state index is 12.9. The smallest absolute Gasteiger partial charge is 0.306 e. The Hall–Kier alpha value is -3.15. The fourth-order valence-electron chi connectivity index (χ4n) is 9.24. The second-order valence-electron chi connectivity index (χ2n) is 21.3. The van der Waals surface area contributed by atoms with Crippen molar-refractivity contribution in [2.24, 2.45) is 0 Å². The first-order valence-corrected chi connectivity index (χ1v) is 31.9. The van der Waals surface area contributed by atoms with Crippen molar-refractivity contribution in [3.8, 4) is 0 Å². The Balaban J connectivity index is 4.36. The van der Waals surface area contributed by atoms with Gasteiger partial charge < -0.3 is 14.2 Å². The highest BCUT2D eigenvalue weighted by Crippen LogP contribution is 2.17. The van der Waals surface area contributed by atoms with Gasteiger partial charge in [0.2, 0.25) is 0 Å². The number of ether oxygens (including phenoxy) is 3. The molecule has 74 heavy (non-hydrogen) atoms. The molecule has 0 radical (unpaired) electrons. The van der Waals surface area contributed by atoms with Crippen LogP contribution < -0.4 is 0 Å². The highest BCUT2D eigenvalue weighted by atomic mass is 16.6. The van der Waals surface area contributed by atoms with Crippen LogP contribution in [0, 0.1) is 0 Å². The molecule has 428 valence electrons. The number of carbonyl (C=O) groups excluding carboxylic acids is 3. The van der Waals surface area contributed by atoms with Crippen LogP contribution in [0.25, 0.3) is 0 Å². The third-order valence-electron chi connectivity index (χ3n) is 14.0. The number of esters is 3. The van der Waals surface area contributed by atoms with E-state index in [2.05, 4.69) is 93.7 Å². The van der Waals surface area contributed by atoms with Crippen LogP contribution in [-0.2, 0) is 28.6 Å². The van der Waals surface area contributed by atoms with Gasteiger partial charge in [-0.05, 0) is 83.5 Å².